The van der Waals surface area contributed by atoms with Crippen molar-refractivity contribution >= 4 is 5.91 Å². The SMILES string of the molecule is Cc1noc(C)c1CNC(=O)c1cc(C)n(C2CC2)c1C. The van der Waals surface area contributed by atoms with Crippen molar-refractivity contribution in [1.29, 1.82) is 0 Å². The highest BCUT2D eigenvalue weighted by molar-refractivity contribution is 5.95. The highest BCUT2D eigenvalue weighted by Gasteiger charge is 2.28. The van der Waals surface area contributed by atoms with E-state index >= 15 is 0 Å². The van der Waals surface area contributed by atoms with Crippen LogP contribution in [0.15, 0.2) is 10.6 Å². The molecular formula is C16H21N3O2. The minimum atomic E-state index is -0.0324. The van der Waals surface area contributed by atoms with E-state index in [9.17, 15) is 4.79 Å². The zero-order chi connectivity index (χ0) is 15.1. The van der Waals surface area contributed by atoms with Crippen LogP contribution in [-0.2, 0) is 6.54 Å². The maximum absolute atomic E-state index is 12.4. The number of nitrogens with zero attached hydrogens (tertiary/aromatic N) is 2. The average Bonchev–Trinajstić information content (AvgIpc) is 3.15. The molecule has 0 aliphatic heterocycles. The maximum atomic E-state index is 12.4. The number of amides is 1. The Kier molecular flexibility index (Phi) is 3.35. The van der Waals surface area contributed by atoms with Crippen LogP contribution in [0.3, 0.4) is 0 Å². The summed E-state index contributed by atoms with van der Waals surface area (Å²) in [7, 11) is 0. The Morgan fingerprint density at radius 2 is 2.10 bits per heavy atom. The van der Waals surface area contributed by atoms with Gasteiger partial charge < -0.3 is 14.4 Å². The van der Waals surface area contributed by atoms with Crippen LogP contribution < -0.4 is 5.32 Å². The maximum Gasteiger partial charge on any atom is 0.253 e. The Bertz CT molecular complexity index is 673. The van der Waals surface area contributed by atoms with Gasteiger partial charge in [0.15, 0.2) is 0 Å². The predicted octanol–water partition coefficient (Wildman–Crippen LogP) is 2.97. The summed E-state index contributed by atoms with van der Waals surface area (Å²) >= 11 is 0. The van der Waals surface area contributed by atoms with Crippen molar-refractivity contribution in [2.45, 2.75) is 53.1 Å². The molecule has 1 N–H and O–H groups in total. The van der Waals surface area contributed by atoms with E-state index in [1.165, 1.54) is 12.8 Å². The number of aromatic nitrogens is 2. The summed E-state index contributed by atoms with van der Waals surface area (Å²) in [5.41, 5.74) is 4.78. The zero-order valence-corrected chi connectivity index (χ0v) is 13.0. The summed E-state index contributed by atoms with van der Waals surface area (Å²) in [5, 5.41) is 6.88. The molecule has 5 nitrogen and oxygen atoms in total. The molecular weight excluding hydrogens is 266 g/mol. The number of rotatable bonds is 4. The van der Waals surface area contributed by atoms with Gasteiger partial charge in [0.25, 0.3) is 5.91 Å². The van der Waals surface area contributed by atoms with Crippen LogP contribution in [0.1, 0.15) is 57.6 Å². The molecule has 0 spiro atoms. The lowest BCUT2D eigenvalue weighted by atomic mass is 10.2. The molecule has 0 aromatic carbocycles. The minimum Gasteiger partial charge on any atom is -0.361 e. The Labute approximate surface area is 124 Å². The van der Waals surface area contributed by atoms with Gasteiger partial charge >= 0.3 is 0 Å². The fourth-order valence-corrected chi connectivity index (χ4v) is 2.92. The highest BCUT2D eigenvalue weighted by atomic mass is 16.5. The fourth-order valence-electron chi connectivity index (χ4n) is 2.92. The number of nitrogens with one attached hydrogen (secondary N) is 1. The third kappa shape index (κ3) is 2.48. The van der Waals surface area contributed by atoms with Gasteiger partial charge in [0.1, 0.15) is 5.76 Å². The lowest BCUT2D eigenvalue weighted by Crippen LogP contribution is -2.23. The molecule has 112 valence electrons. The van der Waals surface area contributed by atoms with Gasteiger partial charge in [0.2, 0.25) is 0 Å². The smallest absolute Gasteiger partial charge is 0.253 e. The van der Waals surface area contributed by atoms with E-state index in [0.29, 0.717) is 12.6 Å². The number of aryl methyl sites for hydroxylation is 3. The van der Waals surface area contributed by atoms with Gasteiger partial charge in [-0.25, -0.2) is 0 Å². The Balaban J connectivity index is 1.75. The van der Waals surface area contributed by atoms with Crippen LogP contribution in [0.2, 0.25) is 0 Å². The summed E-state index contributed by atoms with van der Waals surface area (Å²) in [6.45, 7) is 8.29. The number of carbonyl (C=O) groups is 1. The predicted molar refractivity (Wildman–Crippen MR) is 79.3 cm³/mol. The van der Waals surface area contributed by atoms with Gasteiger partial charge in [-0.2, -0.15) is 0 Å². The van der Waals surface area contributed by atoms with Crippen LogP contribution in [-0.4, -0.2) is 15.6 Å². The van der Waals surface area contributed by atoms with E-state index in [-0.39, 0.29) is 5.91 Å². The minimum absolute atomic E-state index is 0.0324. The van der Waals surface area contributed by atoms with E-state index in [0.717, 1.165) is 34.0 Å². The van der Waals surface area contributed by atoms with Gasteiger partial charge in [-0.15, -0.1) is 0 Å². The molecule has 1 aliphatic carbocycles. The number of carbonyl (C=O) groups excluding carboxylic acids is 1. The quantitative estimate of drug-likeness (QED) is 0.940. The van der Waals surface area contributed by atoms with Crippen molar-refractivity contribution < 1.29 is 9.32 Å². The number of hydrogen-bond acceptors (Lipinski definition) is 3. The second-order valence-electron chi connectivity index (χ2n) is 5.87. The van der Waals surface area contributed by atoms with Gasteiger partial charge in [-0.1, -0.05) is 5.16 Å². The molecule has 1 fully saturated rings. The first-order valence-corrected chi connectivity index (χ1v) is 7.37. The summed E-state index contributed by atoms with van der Waals surface area (Å²) in [5.74, 6) is 0.728. The molecule has 3 rings (SSSR count). The first-order chi connectivity index (χ1) is 9.99. The Hall–Kier alpha value is -2.04. The molecule has 1 saturated carbocycles. The summed E-state index contributed by atoms with van der Waals surface area (Å²) in [6, 6.07) is 2.57. The lowest BCUT2D eigenvalue weighted by Gasteiger charge is -2.08. The summed E-state index contributed by atoms with van der Waals surface area (Å²) in [4.78, 5) is 12.4. The van der Waals surface area contributed by atoms with Crippen molar-refractivity contribution in [3.8, 4) is 0 Å². The third-order valence-corrected chi connectivity index (χ3v) is 4.25. The average molecular weight is 287 g/mol. The van der Waals surface area contributed by atoms with Gasteiger partial charge in [0, 0.05) is 29.5 Å². The van der Waals surface area contributed by atoms with Crippen LogP contribution in [0.4, 0.5) is 0 Å². The molecule has 0 bridgehead atoms. The first kappa shape index (κ1) is 13.9. The highest BCUT2D eigenvalue weighted by Crippen LogP contribution is 2.38. The van der Waals surface area contributed by atoms with Gasteiger partial charge in [-0.3, -0.25) is 4.79 Å². The van der Waals surface area contributed by atoms with Crippen molar-refractivity contribution in [1.82, 2.24) is 15.0 Å². The molecule has 0 unspecified atom stereocenters. The van der Waals surface area contributed by atoms with Crippen molar-refractivity contribution in [3.63, 3.8) is 0 Å². The van der Waals surface area contributed by atoms with E-state index in [1.807, 2.05) is 26.8 Å². The van der Waals surface area contributed by atoms with Crippen molar-refractivity contribution in [2.75, 3.05) is 0 Å². The Morgan fingerprint density at radius 1 is 1.38 bits per heavy atom. The van der Waals surface area contributed by atoms with Crippen LogP contribution in [0, 0.1) is 27.7 Å². The summed E-state index contributed by atoms with van der Waals surface area (Å²) < 4.78 is 7.40. The van der Waals surface area contributed by atoms with Crippen LogP contribution in [0.5, 0.6) is 0 Å². The normalized spacial score (nSPS) is 14.5. The molecule has 0 atom stereocenters. The standard InChI is InChI=1S/C16H21N3O2/c1-9-7-14(11(3)19(9)13-5-6-13)16(20)17-8-15-10(2)18-21-12(15)4/h7,13H,5-6,8H2,1-4H3,(H,17,20). The van der Waals surface area contributed by atoms with Crippen LogP contribution >= 0.6 is 0 Å². The molecule has 1 amide bonds. The monoisotopic (exact) mass is 287 g/mol. The molecule has 2 heterocycles. The van der Waals surface area contributed by atoms with Gasteiger partial charge in [-0.05, 0) is 46.6 Å². The second kappa shape index (κ2) is 5.06. The third-order valence-electron chi connectivity index (χ3n) is 4.25. The van der Waals surface area contributed by atoms with E-state index in [4.69, 9.17) is 4.52 Å². The lowest BCUT2D eigenvalue weighted by molar-refractivity contribution is 0.0950. The molecule has 21 heavy (non-hydrogen) atoms. The van der Waals surface area contributed by atoms with E-state index < -0.39 is 0 Å². The first-order valence-electron chi connectivity index (χ1n) is 7.37. The number of hydrogen-bond donors (Lipinski definition) is 1. The fraction of sp³-hybridized carbons (Fsp3) is 0.500. The molecule has 0 saturated heterocycles. The largest absolute Gasteiger partial charge is 0.361 e. The van der Waals surface area contributed by atoms with E-state index in [1.54, 1.807) is 0 Å². The Morgan fingerprint density at radius 3 is 2.67 bits per heavy atom. The van der Waals surface area contributed by atoms with Crippen molar-refractivity contribution in [3.05, 3.63) is 40.0 Å². The van der Waals surface area contributed by atoms with Crippen molar-refractivity contribution in [2.24, 2.45) is 0 Å². The molecule has 5 heteroatoms. The summed E-state index contributed by atoms with van der Waals surface area (Å²) in [6.07, 6.45) is 2.44. The van der Waals surface area contributed by atoms with Crippen LogP contribution in [0.25, 0.3) is 0 Å². The molecule has 2 aromatic rings. The zero-order valence-electron chi connectivity index (χ0n) is 13.0. The molecule has 2 aromatic heterocycles. The second-order valence-corrected chi connectivity index (χ2v) is 5.87. The topological polar surface area (TPSA) is 60.1 Å². The molecule has 0 radical (unpaired) electrons. The molecule has 1 aliphatic rings. The van der Waals surface area contributed by atoms with Gasteiger partial charge in [0.05, 0.1) is 11.3 Å². The van der Waals surface area contributed by atoms with E-state index in [2.05, 4.69) is 22.0 Å².